The molecule has 0 heterocycles. The smallest absolute Gasteiger partial charge is 0.407 e. The number of amides is 3. The lowest BCUT2D eigenvalue weighted by atomic mass is 10.2. The zero-order chi connectivity index (χ0) is 16.5. The van der Waals surface area contributed by atoms with Crippen LogP contribution >= 0.6 is 12.8 Å². The van der Waals surface area contributed by atoms with Gasteiger partial charge in [-0.25, -0.2) is 9.59 Å². The van der Waals surface area contributed by atoms with Crippen molar-refractivity contribution in [3.63, 3.8) is 0 Å². The number of thiol groups is 1. The maximum atomic E-state index is 11.4. The summed E-state index contributed by atoms with van der Waals surface area (Å²) in [5.41, 5.74) is 4.83. The van der Waals surface area contributed by atoms with Crippen LogP contribution in [0.3, 0.4) is 0 Å². The Morgan fingerprint density at radius 1 is 1.29 bits per heavy atom. The van der Waals surface area contributed by atoms with Gasteiger partial charge in [-0.2, -0.15) is 4.99 Å². The van der Waals surface area contributed by atoms with Crippen molar-refractivity contribution in [1.82, 2.24) is 9.62 Å². The molecule has 3 amide bonds. The van der Waals surface area contributed by atoms with Crippen LogP contribution < -0.4 is 11.1 Å². The summed E-state index contributed by atoms with van der Waals surface area (Å²) < 4.78 is 6.33. The molecule has 0 spiro atoms. The van der Waals surface area contributed by atoms with Gasteiger partial charge < -0.3 is 15.8 Å². The van der Waals surface area contributed by atoms with E-state index in [1.807, 2.05) is 20.8 Å². The largest absolute Gasteiger partial charge is 0.444 e. The second kappa shape index (κ2) is 9.49. The first-order chi connectivity index (χ1) is 9.61. The van der Waals surface area contributed by atoms with Crippen LogP contribution in [0.25, 0.3) is 0 Å². The van der Waals surface area contributed by atoms with Gasteiger partial charge in [-0.3, -0.25) is 4.31 Å². The van der Waals surface area contributed by atoms with E-state index in [1.54, 1.807) is 6.92 Å². The van der Waals surface area contributed by atoms with Crippen LogP contribution in [0.15, 0.2) is 4.99 Å². The number of alkyl carbamates (subject to hydrolysis) is 1. The average molecular weight is 318 g/mol. The normalized spacial score (nSPS) is 12.0. The monoisotopic (exact) mass is 318 g/mol. The quantitative estimate of drug-likeness (QED) is 0.303. The molecule has 0 saturated heterocycles. The molecule has 0 aromatic heterocycles. The minimum Gasteiger partial charge on any atom is -0.444 e. The Hall–Kier alpha value is -1.44. The number of aliphatic imine (C=N–C) groups is 1. The summed E-state index contributed by atoms with van der Waals surface area (Å²) in [5, 5.41) is 2.68. The first-order valence-electron chi connectivity index (χ1n) is 6.90. The molecular formula is C13H26N4O3S. The van der Waals surface area contributed by atoms with Gasteiger partial charge in [-0.1, -0.05) is 12.8 Å². The van der Waals surface area contributed by atoms with E-state index in [0.29, 0.717) is 13.1 Å². The fourth-order valence-electron chi connectivity index (χ4n) is 1.37. The molecule has 0 aromatic carbocycles. The molecule has 3 N–H and O–H groups in total. The molecule has 0 aliphatic rings. The van der Waals surface area contributed by atoms with Crippen LogP contribution in [0.1, 0.15) is 47.0 Å². The maximum Gasteiger partial charge on any atom is 0.407 e. The number of hydrogen-bond acceptors (Lipinski definition) is 4. The fourth-order valence-corrected chi connectivity index (χ4v) is 1.56. The molecular weight excluding hydrogens is 292 g/mol. The van der Waals surface area contributed by atoms with Crippen molar-refractivity contribution < 1.29 is 14.3 Å². The minimum atomic E-state index is -0.487. The molecule has 0 unspecified atom stereocenters. The highest BCUT2D eigenvalue weighted by Gasteiger charge is 2.15. The highest BCUT2D eigenvalue weighted by atomic mass is 32.1. The molecule has 21 heavy (non-hydrogen) atoms. The van der Waals surface area contributed by atoms with E-state index in [4.69, 9.17) is 10.5 Å². The summed E-state index contributed by atoms with van der Waals surface area (Å²) in [5.74, 6) is 0.209. The van der Waals surface area contributed by atoms with E-state index in [-0.39, 0.29) is 5.84 Å². The van der Waals surface area contributed by atoms with E-state index in [1.165, 1.54) is 4.31 Å². The Balaban J connectivity index is 3.67. The van der Waals surface area contributed by atoms with E-state index < -0.39 is 17.7 Å². The number of carbonyl (C=O) groups is 2. The molecule has 0 radical (unpaired) electrons. The van der Waals surface area contributed by atoms with E-state index in [9.17, 15) is 9.59 Å². The second-order valence-electron chi connectivity index (χ2n) is 5.65. The number of hydrogen-bond donors (Lipinski definition) is 3. The van der Waals surface area contributed by atoms with Crippen LogP contribution in [0.5, 0.6) is 0 Å². The van der Waals surface area contributed by atoms with Crippen molar-refractivity contribution in [2.75, 3.05) is 13.1 Å². The predicted molar refractivity (Wildman–Crippen MR) is 86.5 cm³/mol. The molecule has 0 aliphatic carbocycles. The fraction of sp³-hybridized carbons (Fsp3) is 0.769. The average Bonchev–Trinajstić information content (AvgIpc) is 2.30. The Morgan fingerprint density at radius 2 is 1.90 bits per heavy atom. The van der Waals surface area contributed by atoms with E-state index >= 15 is 0 Å². The van der Waals surface area contributed by atoms with Crippen LogP contribution in [-0.2, 0) is 4.74 Å². The molecule has 0 aliphatic heterocycles. The number of unbranched alkanes of at least 4 members (excludes halogenated alkanes) is 2. The number of carbonyl (C=O) groups excluding carboxylic acids is 2. The highest BCUT2D eigenvalue weighted by molar-refractivity contribution is 7.78. The van der Waals surface area contributed by atoms with Crippen molar-refractivity contribution in [2.45, 2.75) is 52.6 Å². The van der Waals surface area contributed by atoms with Crippen LogP contribution in [-0.4, -0.2) is 41.0 Å². The second-order valence-corrected chi connectivity index (χ2v) is 6.13. The lowest BCUT2D eigenvalue weighted by molar-refractivity contribution is 0.0527. The van der Waals surface area contributed by atoms with Crippen LogP contribution in [0, 0.1) is 0 Å². The molecule has 7 nitrogen and oxygen atoms in total. The zero-order valence-corrected chi connectivity index (χ0v) is 14.1. The van der Waals surface area contributed by atoms with Gasteiger partial charge in [0.1, 0.15) is 11.4 Å². The van der Waals surface area contributed by atoms with Gasteiger partial charge in [0.25, 0.3) is 0 Å². The van der Waals surface area contributed by atoms with Crippen molar-refractivity contribution in [3.8, 4) is 0 Å². The molecule has 0 aromatic rings. The topological polar surface area (TPSA) is 97.0 Å². The number of rotatable bonds is 6. The first kappa shape index (κ1) is 19.6. The van der Waals surface area contributed by atoms with Crippen molar-refractivity contribution in [3.05, 3.63) is 0 Å². The molecule has 0 fully saturated rings. The number of nitrogens with zero attached hydrogens (tertiary/aromatic N) is 2. The Kier molecular flexibility index (Phi) is 8.84. The molecule has 8 heteroatoms. The number of urea groups is 1. The standard InChI is InChI=1S/C13H26N4O3S/c1-10(14)16-11(18)17(21)9-7-5-6-8-15-12(19)20-13(2,3)4/h21H,5-9H2,1-4H3,(H,15,19)(H2,14,16,18). The van der Waals surface area contributed by atoms with E-state index in [0.717, 1.165) is 19.3 Å². The third-order valence-corrected chi connectivity index (χ3v) is 2.58. The molecule has 0 atom stereocenters. The SMILES string of the molecule is CC(N)=NC(=O)N(S)CCCCCNC(=O)OC(C)(C)C. The van der Waals surface area contributed by atoms with Gasteiger partial charge in [-0.05, 0) is 47.0 Å². The molecule has 0 bridgehead atoms. The van der Waals surface area contributed by atoms with Gasteiger partial charge >= 0.3 is 12.1 Å². The van der Waals surface area contributed by atoms with Gasteiger partial charge in [-0.15, -0.1) is 0 Å². The summed E-state index contributed by atoms with van der Waals surface area (Å²) in [6.45, 7) is 8.01. The van der Waals surface area contributed by atoms with Crippen LogP contribution in [0.2, 0.25) is 0 Å². The van der Waals surface area contributed by atoms with Gasteiger partial charge in [0.05, 0.1) is 0 Å². The maximum absolute atomic E-state index is 11.4. The van der Waals surface area contributed by atoms with Gasteiger partial charge in [0, 0.05) is 13.1 Å². The number of ether oxygens (including phenoxy) is 1. The summed E-state index contributed by atoms with van der Waals surface area (Å²) in [6.07, 6.45) is 2.01. The lowest BCUT2D eigenvalue weighted by Gasteiger charge is -2.19. The first-order valence-corrected chi connectivity index (χ1v) is 7.30. The Labute approximate surface area is 131 Å². The Bertz CT molecular complexity index is 376. The minimum absolute atomic E-state index is 0.209. The highest BCUT2D eigenvalue weighted by Crippen LogP contribution is 2.07. The third-order valence-electron chi connectivity index (χ3n) is 2.21. The lowest BCUT2D eigenvalue weighted by Crippen LogP contribution is -2.33. The molecule has 0 saturated carbocycles. The number of nitrogens with two attached hydrogens (primary N) is 1. The summed E-state index contributed by atoms with van der Waals surface area (Å²) in [6, 6.07) is -0.467. The van der Waals surface area contributed by atoms with Crippen LogP contribution in [0.4, 0.5) is 9.59 Å². The summed E-state index contributed by atoms with van der Waals surface area (Å²) in [4.78, 5) is 26.4. The number of amidine groups is 1. The Morgan fingerprint density at radius 3 is 2.43 bits per heavy atom. The zero-order valence-electron chi connectivity index (χ0n) is 13.2. The van der Waals surface area contributed by atoms with Crippen molar-refractivity contribution in [2.24, 2.45) is 10.7 Å². The number of nitrogens with one attached hydrogen (secondary N) is 1. The molecule has 122 valence electrons. The predicted octanol–water partition coefficient (Wildman–Crippen LogP) is 2.33. The third kappa shape index (κ3) is 12.0. The van der Waals surface area contributed by atoms with Gasteiger partial charge in [0.15, 0.2) is 0 Å². The van der Waals surface area contributed by atoms with Crippen molar-refractivity contribution in [1.29, 1.82) is 0 Å². The molecule has 0 rings (SSSR count). The van der Waals surface area contributed by atoms with Crippen molar-refractivity contribution >= 4 is 30.8 Å². The summed E-state index contributed by atoms with van der Waals surface area (Å²) in [7, 11) is 0. The summed E-state index contributed by atoms with van der Waals surface area (Å²) >= 11 is 4.04. The van der Waals surface area contributed by atoms with Gasteiger partial charge in [0.2, 0.25) is 0 Å². The van der Waals surface area contributed by atoms with E-state index in [2.05, 4.69) is 23.1 Å².